The summed E-state index contributed by atoms with van der Waals surface area (Å²) in [6.07, 6.45) is 3.91. The molecule has 1 aliphatic heterocycles. The van der Waals surface area contributed by atoms with E-state index in [1.165, 1.54) is 31.3 Å². The van der Waals surface area contributed by atoms with Crippen LogP contribution in [0.15, 0.2) is 47.4 Å². The molecule has 4 N–H and O–H groups in total. The molecule has 4 rings (SSSR count). The summed E-state index contributed by atoms with van der Waals surface area (Å²) in [6.45, 7) is 10.8. The summed E-state index contributed by atoms with van der Waals surface area (Å²) >= 11 is 0. The molecule has 55 heavy (non-hydrogen) atoms. The molecule has 300 valence electrons. The number of carbonyl (C=O) groups excluding carboxylic acids is 4. The van der Waals surface area contributed by atoms with Gasteiger partial charge in [-0.25, -0.2) is 14.3 Å². The van der Waals surface area contributed by atoms with Crippen LogP contribution in [0.2, 0.25) is 0 Å². The minimum Gasteiger partial charge on any atom is -0.493 e. The standard InChI is InChI=1S/C38H51FN5O10P/c1-9-38(6,36(47)52-11-3)43-55(49,22-50-7)54-32-18-25(12-15-31(32)51-8)21-53-37(48)44(10-2)17-16-40-35(46)33-23(4)30(41-24(33)5)20-28-27-19-26(39)13-14-29(27)42-34(28)45/h12-15,18,20,27,41H,9-11,16-17,19,21-22H2,1-8H3,(H,40,46)(H,42,45)(H,43,49)/b28-20-/t27?,38-,55?/m0/s1. The van der Waals surface area contributed by atoms with Gasteiger partial charge < -0.3 is 44.0 Å². The predicted octanol–water partition coefficient (Wildman–Crippen LogP) is 5.80. The number of allylic oxidation sites excluding steroid dienone is 4. The second-order valence-corrected chi connectivity index (χ2v) is 15.3. The smallest absolute Gasteiger partial charge is 0.410 e. The molecule has 2 aliphatic rings. The van der Waals surface area contributed by atoms with E-state index in [0.29, 0.717) is 45.9 Å². The second-order valence-electron chi connectivity index (χ2n) is 13.3. The summed E-state index contributed by atoms with van der Waals surface area (Å²) in [5.74, 6) is -1.67. The predicted molar refractivity (Wildman–Crippen MR) is 203 cm³/mol. The average molecular weight is 788 g/mol. The monoisotopic (exact) mass is 787 g/mol. The van der Waals surface area contributed by atoms with Crippen LogP contribution in [0.4, 0.5) is 9.18 Å². The van der Waals surface area contributed by atoms with Gasteiger partial charge in [-0.15, -0.1) is 0 Å². The lowest BCUT2D eigenvalue weighted by Gasteiger charge is -2.32. The molecule has 1 saturated heterocycles. The highest BCUT2D eigenvalue weighted by atomic mass is 31.2. The van der Waals surface area contributed by atoms with Crippen molar-refractivity contribution in [3.63, 3.8) is 0 Å². The van der Waals surface area contributed by atoms with Gasteiger partial charge in [0.2, 0.25) is 0 Å². The summed E-state index contributed by atoms with van der Waals surface area (Å²) in [5, 5.41) is 8.46. The van der Waals surface area contributed by atoms with E-state index in [1.807, 2.05) is 0 Å². The van der Waals surface area contributed by atoms with Crippen molar-refractivity contribution in [1.82, 2.24) is 25.6 Å². The molecule has 0 bridgehead atoms. The molecule has 1 aromatic heterocycles. The maximum absolute atomic E-state index is 14.0. The maximum atomic E-state index is 14.0. The largest absolute Gasteiger partial charge is 0.493 e. The van der Waals surface area contributed by atoms with E-state index in [2.05, 4.69) is 20.7 Å². The number of ether oxygens (including phenoxy) is 4. The zero-order valence-electron chi connectivity index (χ0n) is 32.6. The van der Waals surface area contributed by atoms with Crippen LogP contribution < -0.4 is 25.0 Å². The Morgan fingerprint density at radius 1 is 1.11 bits per heavy atom. The summed E-state index contributed by atoms with van der Waals surface area (Å²) in [6, 6.07) is 4.75. The zero-order valence-corrected chi connectivity index (χ0v) is 33.4. The molecule has 3 amide bonds. The molecule has 1 fully saturated rings. The summed E-state index contributed by atoms with van der Waals surface area (Å²) in [5.41, 5.74) is 2.42. The molecule has 17 heteroatoms. The number of nitrogens with one attached hydrogen (secondary N) is 4. The Morgan fingerprint density at radius 3 is 2.51 bits per heavy atom. The van der Waals surface area contributed by atoms with Crippen LogP contribution >= 0.6 is 7.52 Å². The van der Waals surface area contributed by atoms with Gasteiger partial charge in [0.1, 0.15) is 24.3 Å². The molecule has 0 saturated carbocycles. The maximum Gasteiger partial charge on any atom is 0.410 e. The molecular weight excluding hydrogens is 736 g/mol. The molecule has 2 unspecified atom stereocenters. The lowest BCUT2D eigenvalue weighted by atomic mass is 9.91. The number of methoxy groups -OCH3 is 2. The van der Waals surface area contributed by atoms with Crippen LogP contribution in [-0.4, -0.2) is 86.1 Å². The summed E-state index contributed by atoms with van der Waals surface area (Å²) in [4.78, 5) is 56.3. The number of benzene rings is 1. The third-order valence-corrected chi connectivity index (χ3v) is 11.3. The van der Waals surface area contributed by atoms with E-state index >= 15 is 0 Å². The zero-order chi connectivity index (χ0) is 40.5. The van der Waals surface area contributed by atoms with Crippen molar-refractivity contribution in [2.45, 2.75) is 66.5 Å². The van der Waals surface area contributed by atoms with Gasteiger partial charge in [-0.2, -0.15) is 0 Å². The topological polar surface area (TPSA) is 187 Å². The van der Waals surface area contributed by atoms with Gasteiger partial charge in [-0.1, -0.05) is 13.0 Å². The fourth-order valence-electron chi connectivity index (χ4n) is 6.25. The fourth-order valence-corrected chi connectivity index (χ4v) is 8.22. The first-order chi connectivity index (χ1) is 26.1. The quantitative estimate of drug-likeness (QED) is 0.0814. The van der Waals surface area contributed by atoms with Crippen molar-refractivity contribution in [2.24, 2.45) is 5.92 Å². The van der Waals surface area contributed by atoms with E-state index in [-0.39, 0.29) is 74.6 Å². The van der Waals surface area contributed by atoms with E-state index in [9.17, 15) is 28.1 Å². The molecule has 1 aliphatic carbocycles. The summed E-state index contributed by atoms with van der Waals surface area (Å²) < 4.78 is 55.3. The SMILES string of the molecule is CCOC(=O)[C@](C)(CC)NP(=O)(COC)Oc1cc(COC(=O)N(CC)CCNC(=O)c2c(C)[nH]c(/C=C3\C(=O)NC4=CC=C(F)CC43)c2C)ccc1OC. The number of amides is 3. The van der Waals surface area contributed by atoms with Crippen molar-refractivity contribution in [3.05, 3.63) is 75.5 Å². The van der Waals surface area contributed by atoms with Crippen molar-refractivity contribution >= 4 is 37.5 Å². The molecule has 15 nitrogen and oxygen atoms in total. The number of esters is 1. The first-order valence-electron chi connectivity index (χ1n) is 18.0. The van der Waals surface area contributed by atoms with Crippen molar-refractivity contribution in [1.29, 1.82) is 0 Å². The van der Waals surface area contributed by atoms with Gasteiger partial charge >= 0.3 is 19.6 Å². The van der Waals surface area contributed by atoms with Gasteiger partial charge in [0.05, 0.1) is 19.3 Å². The van der Waals surface area contributed by atoms with E-state index in [4.69, 9.17) is 23.5 Å². The molecule has 0 radical (unpaired) electrons. The second kappa shape index (κ2) is 18.6. The first-order valence-corrected chi connectivity index (χ1v) is 19.8. The van der Waals surface area contributed by atoms with Gasteiger partial charge in [0, 0.05) is 61.7 Å². The number of rotatable bonds is 18. The number of hydrogen-bond donors (Lipinski definition) is 4. The molecule has 2 heterocycles. The van der Waals surface area contributed by atoms with Crippen LogP contribution in [0, 0.1) is 19.8 Å². The molecular formula is C38H51FN5O10P. The lowest BCUT2D eigenvalue weighted by Crippen LogP contribution is -2.49. The summed E-state index contributed by atoms with van der Waals surface area (Å²) in [7, 11) is -1.11. The van der Waals surface area contributed by atoms with Gasteiger partial charge in [0.25, 0.3) is 11.8 Å². The molecule has 2 aromatic rings. The lowest BCUT2D eigenvalue weighted by molar-refractivity contribution is -0.149. The number of halogens is 1. The number of hydrogen-bond acceptors (Lipinski definition) is 10. The van der Waals surface area contributed by atoms with Gasteiger partial charge in [-0.3, -0.25) is 18.9 Å². The Balaban J connectivity index is 1.37. The van der Waals surface area contributed by atoms with Crippen molar-refractivity contribution in [3.8, 4) is 11.5 Å². The number of likely N-dealkylation sites (N-methyl/N-ethyl adjacent to an activating group) is 1. The minimum atomic E-state index is -3.88. The highest BCUT2D eigenvalue weighted by Crippen LogP contribution is 2.48. The molecule has 3 atom stereocenters. The van der Waals surface area contributed by atoms with E-state index in [0.717, 1.165) is 0 Å². The Morgan fingerprint density at radius 2 is 1.85 bits per heavy atom. The van der Waals surface area contributed by atoms with Crippen LogP contribution in [0.25, 0.3) is 6.08 Å². The Hall–Kier alpha value is -4.92. The van der Waals surface area contributed by atoms with E-state index < -0.39 is 31.0 Å². The minimum absolute atomic E-state index is 0.0733. The van der Waals surface area contributed by atoms with E-state index in [1.54, 1.807) is 65.8 Å². The van der Waals surface area contributed by atoms with Crippen molar-refractivity contribution in [2.75, 3.05) is 46.8 Å². The number of aryl methyl sites for hydroxylation is 1. The number of H-pyrrole nitrogens is 1. The average Bonchev–Trinajstić information content (AvgIpc) is 3.61. The van der Waals surface area contributed by atoms with Crippen LogP contribution in [0.3, 0.4) is 0 Å². The number of fused-ring (bicyclic) bond motifs is 1. The number of carbonyl (C=O) groups is 4. The Kier molecular flexibility index (Phi) is 14.5. The number of nitrogens with zero attached hydrogens (tertiary/aromatic N) is 1. The highest BCUT2D eigenvalue weighted by molar-refractivity contribution is 7.57. The Bertz CT molecular complexity index is 1920. The van der Waals surface area contributed by atoms with Gasteiger partial charge in [0.15, 0.2) is 11.5 Å². The molecule has 1 aromatic carbocycles. The molecule has 0 spiro atoms. The van der Waals surface area contributed by atoms with Crippen molar-refractivity contribution < 1.29 is 51.6 Å². The first kappa shape index (κ1) is 42.8. The number of aromatic nitrogens is 1. The third-order valence-electron chi connectivity index (χ3n) is 9.41. The fraction of sp³-hybridized carbons (Fsp3) is 0.474. The number of aromatic amines is 1. The van der Waals surface area contributed by atoms with Crippen LogP contribution in [0.1, 0.15) is 73.4 Å². The highest BCUT2D eigenvalue weighted by Gasteiger charge is 2.42. The normalized spacial score (nSPS) is 17.9. The Labute approximate surface area is 320 Å². The van der Waals surface area contributed by atoms with Crippen LogP contribution in [-0.2, 0) is 35.0 Å². The van der Waals surface area contributed by atoms with Gasteiger partial charge in [-0.05, 0) is 82.5 Å². The third kappa shape index (κ3) is 10.2. The van der Waals surface area contributed by atoms with Crippen LogP contribution in [0.5, 0.6) is 11.5 Å².